The lowest BCUT2D eigenvalue weighted by molar-refractivity contribution is -0.125. The molecule has 3 rings (SSSR count). The van der Waals surface area contributed by atoms with Crippen molar-refractivity contribution in [3.05, 3.63) is 59.9 Å². The van der Waals surface area contributed by atoms with E-state index in [0.29, 0.717) is 11.4 Å². The number of carbonyl (C=O) groups excluding carboxylic acids is 3. The van der Waals surface area contributed by atoms with E-state index in [2.05, 4.69) is 10.6 Å². The SMILES string of the molecule is Cc1ccc(NC(=O)CS(=O)CC(=O)N(c2ccc(F)cc2)C(C)C(=O)NC2CCCC2)cc1. The lowest BCUT2D eigenvalue weighted by Crippen LogP contribution is -2.51. The van der Waals surface area contributed by atoms with Gasteiger partial charge in [0.15, 0.2) is 0 Å². The van der Waals surface area contributed by atoms with Crippen molar-refractivity contribution in [1.82, 2.24) is 5.32 Å². The zero-order chi connectivity index (χ0) is 24.7. The molecule has 1 aliphatic carbocycles. The van der Waals surface area contributed by atoms with E-state index in [0.717, 1.165) is 31.2 Å². The molecule has 2 aromatic carbocycles. The van der Waals surface area contributed by atoms with E-state index in [4.69, 9.17) is 0 Å². The number of hydrogen-bond donors (Lipinski definition) is 2. The van der Waals surface area contributed by atoms with Gasteiger partial charge in [-0.05, 0) is 63.1 Å². The first-order chi connectivity index (χ1) is 16.2. The molecule has 0 heterocycles. The Labute approximate surface area is 201 Å². The topological polar surface area (TPSA) is 95.6 Å². The van der Waals surface area contributed by atoms with Crippen molar-refractivity contribution in [2.24, 2.45) is 0 Å². The second-order valence-electron chi connectivity index (χ2n) is 8.55. The van der Waals surface area contributed by atoms with E-state index in [1.165, 1.54) is 29.2 Å². The molecule has 1 aliphatic rings. The molecule has 34 heavy (non-hydrogen) atoms. The van der Waals surface area contributed by atoms with Crippen LogP contribution < -0.4 is 15.5 Å². The molecule has 2 aromatic rings. The number of rotatable bonds is 9. The summed E-state index contributed by atoms with van der Waals surface area (Å²) >= 11 is 0. The Bertz CT molecular complexity index is 1040. The van der Waals surface area contributed by atoms with Gasteiger partial charge in [-0.15, -0.1) is 0 Å². The molecule has 182 valence electrons. The first kappa shape index (κ1) is 25.6. The maximum atomic E-state index is 13.5. The molecule has 1 fully saturated rings. The van der Waals surface area contributed by atoms with Crippen LogP contribution in [0.25, 0.3) is 0 Å². The highest BCUT2D eigenvalue weighted by molar-refractivity contribution is 7.86. The number of benzene rings is 2. The van der Waals surface area contributed by atoms with Gasteiger partial charge < -0.3 is 10.6 Å². The number of nitrogens with one attached hydrogen (secondary N) is 2. The third-order valence-electron chi connectivity index (χ3n) is 5.75. The fourth-order valence-electron chi connectivity index (χ4n) is 3.93. The minimum atomic E-state index is -1.80. The number of nitrogens with zero attached hydrogens (tertiary/aromatic N) is 1. The molecule has 1 saturated carbocycles. The van der Waals surface area contributed by atoms with Crippen LogP contribution in [0.5, 0.6) is 0 Å². The molecule has 0 spiro atoms. The second-order valence-corrected chi connectivity index (χ2v) is 10.0. The predicted octanol–water partition coefficient (Wildman–Crippen LogP) is 3.30. The van der Waals surface area contributed by atoms with Crippen LogP contribution in [0.4, 0.5) is 15.8 Å². The molecule has 0 saturated heterocycles. The Morgan fingerprint density at radius 2 is 1.65 bits per heavy atom. The quantitative estimate of drug-likeness (QED) is 0.567. The summed E-state index contributed by atoms with van der Waals surface area (Å²) in [4.78, 5) is 39.5. The van der Waals surface area contributed by atoms with Gasteiger partial charge in [0.25, 0.3) is 0 Å². The van der Waals surface area contributed by atoms with Crippen LogP contribution in [-0.2, 0) is 25.2 Å². The fourth-order valence-corrected chi connectivity index (χ4v) is 4.81. The Hall–Kier alpha value is -3.07. The van der Waals surface area contributed by atoms with Gasteiger partial charge in [0.2, 0.25) is 17.7 Å². The van der Waals surface area contributed by atoms with Gasteiger partial charge in [0, 0.05) is 28.2 Å². The summed E-state index contributed by atoms with van der Waals surface area (Å²) in [5, 5.41) is 5.62. The molecule has 3 amide bonds. The van der Waals surface area contributed by atoms with Crippen molar-refractivity contribution in [3.63, 3.8) is 0 Å². The Balaban J connectivity index is 1.66. The van der Waals surface area contributed by atoms with Gasteiger partial charge in [-0.1, -0.05) is 30.5 Å². The lowest BCUT2D eigenvalue weighted by atomic mass is 10.1. The fraction of sp³-hybridized carbons (Fsp3) is 0.400. The average molecular weight is 488 g/mol. The van der Waals surface area contributed by atoms with Crippen LogP contribution in [0.15, 0.2) is 48.5 Å². The standard InChI is InChI=1S/C25H30FN3O4S/c1-17-7-11-21(12-8-17)27-23(30)15-34(33)16-24(31)29(22-13-9-19(26)10-14-22)18(2)25(32)28-20-5-3-4-6-20/h7-14,18,20H,3-6,15-16H2,1-2H3,(H,27,30)(H,28,32). The Morgan fingerprint density at radius 3 is 2.26 bits per heavy atom. The van der Waals surface area contributed by atoms with Crippen molar-refractivity contribution in [3.8, 4) is 0 Å². The summed E-state index contributed by atoms with van der Waals surface area (Å²) in [6, 6.07) is 11.5. The van der Waals surface area contributed by atoms with Crippen molar-refractivity contribution < 1.29 is 23.0 Å². The average Bonchev–Trinajstić information content (AvgIpc) is 3.29. The molecule has 2 atom stereocenters. The Morgan fingerprint density at radius 1 is 1.03 bits per heavy atom. The minimum absolute atomic E-state index is 0.0692. The molecule has 7 nitrogen and oxygen atoms in total. The summed E-state index contributed by atoms with van der Waals surface area (Å²) in [5.41, 5.74) is 1.93. The van der Waals surface area contributed by atoms with Crippen molar-refractivity contribution >= 4 is 39.9 Å². The summed E-state index contributed by atoms with van der Waals surface area (Å²) in [6.45, 7) is 3.51. The van der Waals surface area contributed by atoms with Crippen LogP contribution in [0.1, 0.15) is 38.2 Å². The van der Waals surface area contributed by atoms with Gasteiger partial charge in [0.05, 0.1) is 0 Å². The highest BCUT2D eigenvalue weighted by Gasteiger charge is 2.30. The smallest absolute Gasteiger partial charge is 0.243 e. The number of carbonyl (C=O) groups is 3. The normalized spacial score (nSPS) is 15.4. The summed E-state index contributed by atoms with van der Waals surface area (Å²) < 4.78 is 26.1. The van der Waals surface area contributed by atoms with E-state index < -0.39 is 40.2 Å². The summed E-state index contributed by atoms with van der Waals surface area (Å²) in [7, 11) is -1.80. The van der Waals surface area contributed by atoms with E-state index in [1.54, 1.807) is 19.1 Å². The zero-order valence-electron chi connectivity index (χ0n) is 19.4. The number of aryl methyl sites for hydroxylation is 1. The highest BCUT2D eigenvalue weighted by Crippen LogP contribution is 2.21. The van der Waals surface area contributed by atoms with Gasteiger partial charge in [0.1, 0.15) is 23.4 Å². The second kappa shape index (κ2) is 11.9. The highest BCUT2D eigenvalue weighted by atomic mass is 32.2. The molecule has 0 aliphatic heterocycles. The third-order valence-corrected chi connectivity index (χ3v) is 6.91. The van der Waals surface area contributed by atoms with Crippen LogP contribution in [-0.4, -0.2) is 45.5 Å². The first-order valence-electron chi connectivity index (χ1n) is 11.3. The van der Waals surface area contributed by atoms with Crippen LogP contribution in [0.3, 0.4) is 0 Å². The van der Waals surface area contributed by atoms with E-state index >= 15 is 0 Å². The zero-order valence-corrected chi connectivity index (χ0v) is 20.2. The molecule has 2 N–H and O–H groups in total. The van der Waals surface area contributed by atoms with Gasteiger partial charge in [-0.3, -0.25) is 23.5 Å². The van der Waals surface area contributed by atoms with Crippen LogP contribution in [0, 0.1) is 12.7 Å². The van der Waals surface area contributed by atoms with Crippen molar-refractivity contribution in [2.75, 3.05) is 21.7 Å². The summed E-state index contributed by atoms with van der Waals surface area (Å²) in [5.74, 6) is -2.67. The molecule has 0 radical (unpaired) electrons. The Kier molecular flexibility index (Phi) is 8.92. The molecule has 9 heteroatoms. The third kappa shape index (κ3) is 7.21. The number of amides is 3. The number of halogens is 1. The molecule has 0 bridgehead atoms. The molecule has 0 aromatic heterocycles. The first-order valence-corrected chi connectivity index (χ1v) is 12.8. The van der Waals surface area contributed by atoms with Gasteiger partial charge in [-0.25, -0.2) is 4.39 Å². The van der Waals surface area contributed by atoms with Crippen molar-refractivity contribution in [2.45, 2.75) is 51.6 Å². The monoisotopic (exact) mass is 487 g/mol. The molecule has 2 unspecified atom stereocenters. The molecular formula is C25H30FN3O4S. The summed E-state index contributed by atoms with van der Waals surface area (Å²) in [6.07, 6.45) is 3.87. The van der Waals surface area contributed by atoms with E-state index in [-0.39, 0.29) is 17.7 Å². The largest absolute Gasteiger partial charge is 0.352 e. The maximum absolute atomic E-state index is 13.5. The van der Waals surface area contributed by atoms with E-state index in [9.17, 15) is 23.0 Å². The van der Waals surface area contributed by atoms with Crippen molar-refractivity contribution in [1.29, 1.82) is 0 Å². The number of hydrogen-bond acceptors (Lipinski definition) is 4. The number of anilines is 2. The van der Waals surface area contributed by atoms with E-state index in [1.807, 2.05) is 19.1 Å². The van der Waals surface area contributed by atoms with Crippen LogP contribution >= 0.6 is 0 Å². The lowest BCUT2D eigenvalue weighted by Gasteiger charge is -2.29. The predicted molar refractivity (Wildman–Crippen MR) is 131 cm³/mol. The minimum Gasteiger partial charge on any atom is -0.352 e. The van der Waals surface area contributed by atoms with Gasteiger partial charge in [-0.2, -0.15) is 0 Å². The van der Waals surface area contributed by atoms with Crippen LogP contribution in [0.2, 0.25) is 0 Å². The molecular weight excluding hydrogens is 457 g/mol. The van der Waals surface area contributed by atoms with Gasteiger partial charge >= 0.3 is 0 Å². The maximum Gasteiger partial charge on any atom is 0.243 e.